The third kappa shape index (κ3) is 6.60. The van der Waals surface area contributed by atoms with Crippen molar-refractivity contribution in [2.75, 3.05) is 26.9 Å². The highest BCUT2D eigenvalue weighted by Crippen LogP contribution is 2.18. The molecule has 0 bridgehead atoms. The zero-order valence-corrected chi connectivity index (χ0v) is 12.6. The van der Waals surface area contributed by atoms with E-state index in [9.17, 15) is 0 Å². The molecular weight excluding hydrogens is 238 g/mol. The first kappa shape index (κ1) is 16.0. The van der Waals surface area contributed by atoms with E-state index in [0.717, 1.165) is 31.9 Å². The fraction of sp³-hybridized carbons (Fsp3) is 0.625. The summed E-state index contributed by atoms with van der Waals surface area (Å²) in [5.41, 5.74) is 1.24. The molecule has 0 saturated carbocycles. The summed E-state index contributed by atoms with van der Waals surface area (Å²) in [7, 11) is 1.69. The highest BCUT2D eigenvalue weighted by atomic mass is 16.5. The van der Waals surface area contributed by atoms with Crippen molar-refractivity contribution in [3.8, 4) is 5.75 Å². The third-order valence-electron chi connectivity index (χ3n) is 3.13. The van der Waals surface area contributed by atoms with Crippen molar-refractivity contribution in [1.82, 2.24) is 5.32 Å². The van der Waals surface area contributed by atoms with Gasteiger partial charge in [0.2, 0.25) is 0 Å². The molecule has 0 aliphatic heterocycles. The molecule has 0 fully saturated rings. The first-order valence-corrected chi connectivity index (χ1v) is 7.08. The maximum absolute atomic E-state index is 5.59. The maximum atomic E-state index is 5.59. The summed E-state index contributed by atoms with van der Waals surface area (Å²) < 4.78 is 10.8. The minimum atomic E-state index is 0.309. The van der Waals surface area contributed by atoms with Gasteiger partial charge >= 0.3 is 0 Å². The van der Waals surface area contributed by atoms with Gasteiger partial charge in [0, 0.05) is 19.2 Å². The standard InChI is InChI=1S/C16H27NO2/c1-13(2)8-10-19-11-9-17-14(3)15-6-5-7-16(12-15)18-4/h5-7,12-14,17H,8-11H2,1-4H3. The topological polar surface area (TPSA) is 30.5 Å². The summed E-state index contributed by atoms with van der Waals surface area (Å²) in [4.78, 5) is 0. The van der Waals surface area contributed by atoms with E-state index in [-0.39, 0.29) is 0 Å². The first-order chi connectivity index (χ1) is 9.13. The third-order valence-corrected chi connectivity index (χ3v) is 3.13. The average Bonchev–Trinajstić information content (AvgIpc) is 2.42. The lowest BCUT2D eigenvalue weighted by atomic mass is 10.1. The van der Waals surface area contributed by atoms with Crippen molar-refractivity contribution < 1.29 is 9.47 Å². The Labute approximate surface area is 117 Å². The molecule has 0 amide bonds. The van der Waals surface area contributed by atoms with Crippen molar-refractivity contribution in [2.24, 2.45) is 5.92 Å². The van der Waals surface area contributed by atoms with E-state index in [4.69, 9.17) is 9.47 Å². The van der Waals surface area contributed by atoms with Crippen LogP contribution in [0, 0.1) is 5.92 Å². The van der Waals surface area contributed by atoms with Crippen LogP contribution in [-0.4, -0.2) is 26.9 Å². The fourth-order valence-electron chi connectivity index (χ4n) is 1.80. The Morgan fingerprint density at radius 3 is 2.63 bits per heavy atom. The Hall–Kier alpha value is -1.06. The monoisotopic (exact) mass is 265 g/mol. The molecule has 0 radical (unpaired) electrons. The number of hydrogen-bond donors (Lipinski definition) is 1. The van der Waals surface area contributed by atoms with E-state index >= 15 is 0 Å². The zero-order valence-electron chi connectivity index (χ0n) is 12.6. The summed E-state index contributed by atoms with van der Waals surface area (Å²) >= 11 is 0. The van der Waals surface area contributed by atoms with Crippen molar-refractivity contribution in [3.05, 3.63) is 29.8 Å². The SMILES string of the molecule is COc1cccc(C(C)NCCOCCC(C)C)c1. The van der Waals surface area contributed by atoms with Gasteiger partial charge in [0.1, 0.15) is 5.75 Å². The van der Waals surface area contributed by atoms with Crippen LogP contribution in [0.2, 0.25) is 0 Å². The molecule has 3 heteroatoms. The molecule has 1 atom stereocenters. The minimum Gasteiger partial charge on any atom is -0.497 e. The molecule has 0 aliphatic rings. The Balaban J connectivity index is 2.21. The summed E-state index contributed by atoms with van der Waals surface area (Å²) in [6.07, 6.45) is 1.13. The largest absolute Gasteiger partial charge is 0.497 e. The number of nitrogens with one attached hydrogen (secondary N) is 1. The van der Waals surface area contributed by atoms with Gasteiger partial charge in [-0.15, -0.1) is 0 Å². The second-order valence-corrected chi connectivity index (χ2v) is 5.25. The van der Waals surface area contributed by atoms with Gasteiger partial charge in [-0.2, -0.15) is 0 Å². The molecule has 0 spiro atoms. The fourth-order valence-corrected chi connectivity index (χ4v) is 1.80. The zero-order chi connectivity index (χ0) is 14.1. The Bertz CT molecular complexity index is 352. The van der Waals surface area contributed by atoms with Crippen LogP contribution >= 0.6 is 0 Å². The smallest absolute Gasteiger partial charge is 0.119 e. The normalized spacial score (nSPS) is 12.7. The van der Waals surface area contributed by atoms with Gasteiger partial charge in [-0.3, -0.25) is 0 Å². The van der Waals surface area contributed by atoms with Crippen LogP contribution < -0.4 is 10.1 Å². The number of hydrogen-bond acceptors (Lipinski definition) is 3. The second kappa shape index (κ2) is 8.94. The lowest BCUT2D eigenvalue weighted by Crippen LogP contribution is -2.23. The van der Waals surface area contributed by atoms with E-state index in [0.29, 0.717) is 12.0 Å². The lowest BCUT2D eigenvalue weighted by Gasteiger charge is -2.15. The molecule has 1 rings (SSSR count). The van der Waals surface area contributed by atoms with Gasteiger partial charge in [0.25, 0.3) is 0 Å². The van der Waals surface area contributed by atoms with Crippen LogP contribution in [0.1, 0.15) is 38.8 Å². The van der Waals surface area contributed by atoms with Crippen molar-refractivity contribution in [2.45, 2.75) is 33.2 Å². The average molecular weight is 265 g/mol. The van der Waals surface area contributed by atoms with Gasteiger partial charge in [-0.1, -0.05) is 26.0 Å². The van der Waals surface area contributed by atoms with Gasteiger partial charge < -0.3 is 14.8 Å². The van der Waals surface area contributed by atoms with Crippen molar-refractivity contribution >= 4 is 0 Å². The molecule has 0 aromatic heterocycles. The van der Waals surface area contributed by atoms with Gasteiger partial charge in [-0.05, 0) is 37.0 Å². The summed E-state index contributed by atoms with van der Waals surface area (Å²) in [6, 6.07) is 8.47. The summed E-state index contributed by atoms with van der Waals surface area (Å²) in [5, 5.41) is 3.46. The summed E-state index contributed by atoms with van der Waals surface area (Å²) in [6.45, 7) is 9.08. The maximum Gasteiger partial charge on any atom is 0.119 e. The predicted molar refractivity (Wildman–Crippen MR) is 79.7 cm³/mol. The van der Waals surface area contributed by atoms with Crippen LogP contribution in [0.4, 0.5) is 0 Å². The molecule has 0 aliphatic carbocycles. The summed E-state index contributed by atoms with van der Waals surface area (Å²) in [5.74, 6) is 1.61. The molecule has 108 valence electrons. The van der Waals surface area contributed by atoms with E-state index in [1.54, 1.807) is 7.11 Å². The molecular formula is C16H27NO2. The Kier molecular flexibility index (Phi) is 7.53. The number of methoxy groups -OCH3 is 1. The number of rotatable bonds is 9. The lowest BCUT2D eigenvalue weighted by molar-refractivity contribution is 0.123. The molecule has 19 heavy (non-hydrogen) atoms. The van der Waals surface area contributed by atoms with E-state index < -0.39 is 0 Å². The highest BCUT2D eigenvalue weighted by molar-refractivity contribution is 5.30. The van der Waals surface area contributed by atoms with Crippen LogP contribution in [0.15, 0.2) is 24.3 Å². The first-order valence-electron chi connectivity index (χ1n) is 7.08. The quantitative estimate of drug-likeness (QED) is 0.694. The van der Waals surface area contributed by atoms with Crippen LogP contribution in [-0.2, 0) is 4.74 Å². The van der Waals surface area contributed by atoms with Crippen molar-refractivity contribution in [1.29, 1.82) is 0 Å². The Morgan fingerprint density at radius 1 is 1.16 bits per heavy atom. The molecule has 1 N–H and O–H groups in total. The van der Waals surface area contributed by atoms with E-state index in [1.165, 1.54) is 5.56 Å². The highest BCUT2D eigenvalue weighted by Gasteiger charge is 2.05. The molecule has 3 nitrogen and oxygen atoms in total. The van der Waals surface area contributed by atoms with Crippen LogP contribution in [0.3, 0.4) is 0 Å². The van der Waals surface area contributed by atoms with Gasteiger partial charge in [0.15, 0.2) is 0 Å². The van der Waals surface area contributed by atoms with Crippen LogP contribution in [0.25, 0.3) is 0 Å². The number of ether oxygens (including phenoxy) is 2. The van der Waals surface area contributed by atoms with Crippen LogP contribution in [0.5, 0.6) is 5.75 Å². The minimum absolute atomic E-state index is 0.309. The van der Waals surface area contributed by atoms with E-state index in [2.05, 4.69) is 38.2 Å². The number of benzene rings is 1. The van der Waals surface area contributed by atoms with E-state index in [1.807, 2.05) is 12.1 Å². The Morgan fingerprint density at radius 2 is 1.95 bits per heavy atom. The second-order valence-electron chi connectivity index (χ2n) is 5.25. The molecule has 1 unspecified atom stereocenters. The molecule has 1 aromatic carbocycles. The van der Waals surface area contributed by atoms with Crippen molar-refractivity contribution in [3.63, 3.8) is 0 Å². The van der Waals surface area contributed by atoms with Gasteiger partial charge in [-0.25, -0.2) is 0 Å². The van der Waals surface area contributed by atoms with Gasteiger partial charge in [0.05, 0.1) is 13.7 Å². The predicted octanol–water partition coefficient (Wildman–Crippen LogP) is 3.41. The molecule has 0 heterocycles. The molecule has 1 aromatic rings. The molecule has 0 saturated heterocycles.